The van der Waals surface area contributed by atoms with Crippen molar-refractivity contribution in [3.8, 4) is 17.2 Å². The Morgan fingerprint density at radius 3 is 2.05 bits per heavy atom. The van der Waals surface area contributed by atoms with Crippen LogP contribution in [0.1, 0.15) is 17.2 Å². The van der Waals surface area contributed by atoms with E-state index in [2.05, 4.69) is 0 Å². The fraction of sp³-hybridized carbons (Fsp3) is 0.214. The summed E-state index contributed by atoms with van der Waals surface area (Å²) in [4.78, 5) is 30.1. The average Bonchev–Trinajstić information content (AvgIpc) is 3.17. The lowest BCUT2D eigenvalue weighted by Gasteiger charge is -2.26. The highest BCUT2D eigenvalue weighted by molar-refractivity contribution is 6.51. The molecule has 0 bridgehead atoms. The number of aliphatic hydroxyl groups excluding tert-OH is 1. The monoisotopic (exact) mass is 522 g/mol. The van der Waals surface area contributed by atoms with Gasteiger partial charge in [0.2, 0.25) is 0 Å². The van der Waals surface area contributed by atoms with E-state index in [9.17, 15) is 14.7 Å². The number of carbonyl (C=O) groups excluding carboxylic acids is 2. The van der Waals surface area contributed by atoms with Gasteiger partial charge in [-0.3, -0.25) is 14.5 Å². The van der Waals surface area contributed by atoms with Gasteiger partial charge in [-0.05, 0) is 60.2 Å². The number of aliphatic hydroxyl groups is 1. The third-order valence-electron chi connectivity index (χ3n) is 6.24. The maximum Gasteiger partial charge on any atom is 0.300 e. The minimum Gasteiger partial charge on any atom is -0.507 e. The quantitative estimate of drug-likeness (QED) is 0.263. The van der Waals surface area contributed by atoms with Crippen molar-refractivity contribution in [1.29, 1.82) is 0 Å². The molecule has 3 aromatic carbocycles. The van der Waals surface area contributed by atoms with E-state index >= 15 is 0 Å². The maximum absolute atomic E-state index is 13.4. The molecule has 37 heavy (non-hydrogen) atoms. The number of ketones is 1. The van der Waals surface area contributed by atoms with Gasteiger partial charge in [0.1, 0.15) is 11.5 Å². The van der Waals surface area contributed by atoms with E-state index in [4.69, 9.17) is 25.8 Å². The summed E-state index contributed by atoms with van der Waals surface area (Å²) >= 11 is 6.28. The summed E-state index contributed by atoms with van der Waals surface area (Å²) in [6.45, 7) is 0. The van der Waals surface area contributed by atoms with Crippen LogP contribution >= 0.6 is 11.6 Å². The fourth-order valence-electron chi connectivity index (χ4n) is 4.32. The molecule has 3 aromatic rings. The van der Waals surface area contributed by atoms with Crippen molar-refractivity contribution in [3.05, 3.63) is 82.4 Å². The fourth-order valence-corrected chi connectivity index (χ4v) is 4.58. The number of rotatable bonds is 7. The van der Waals surface area contributed by atoms with Crippen LogP contribution in [-0.4, -0.2) is 52.2 Å². The third-order valence-corrected chi connectivity index (χ3v) is 6.53. The molecule has 1 aliphatic rings. The molecule has 0 aromatic heterocycles. The Hall–Kier alpha value is -4.17. The summed E-state index contributed by atoms with van der Waals surface area (Å²) in [5.74, 6) is -0.618. The van der Waals surface area contributed by atoms with Crippen LogP contribution in [0.4, 0.5) is 11.4 Å². The molecule has 1 saturated heterocycles. The van der Waals surface area contributed by atoms with Crippen molar-refractivity contribution in [3.63, 3.8) is 0 Å². The molecule has 0 radical (unpaired) electrons. The number of carbonyl (C=O) groups is 2. The number of ether oxygens (including phenoxy) is 3. The second-order valence-corrected chi connectivity index (χ2v) is 8.95. The lowest BCUT2D eigenvalue weighted by Crippen LogP contribution is -2.29. The Labute approximate surface area is 220 Å². The van der Waals surface area contributed by atoms with E-state index in [1.54, 1.807) is 42.5 Å². The SMILES string of the molecule is COc1ccc(/C(O)=C2/C(=O)C(=O)N(c3ccc(N(C)C)cc3)C2c2ccc(OC)c(OC)c2)cc1Cl. The van der Waals surface area contributed by atoms with Gasteiger partial charge < -0.3 is 24.2 Å². The molecule has 1 aliphatic heterocycles. The van der Waals surface area contributed by atoms with Crippen molar-refractivity contribution >= 4 is 40.4 Å². The summed E-state index contributed by atoms with van der Waals surface area (Å²) in [5.41, 5.74) is 2.18. The average molecular weight is 523 g/mol. The van der Waals surface area contributed by atoms with Gasteiger partial charge in [-0.15, -0.1) is 0 Å². The maximum atomic E-state index is 13.4. The normalized spacial score (nSPS) is 16.6. The molecule has 0 aliphatic carbocycles. The van der Waals surface area contributed by atoms with Gasteiger partial charge in [0.15, 0.2) is 11.5 Å². The lowest BCUT2D eigenvalue weighted by atomic mass is 9.94. The number of anilines is 2. The van der Waals surface area contributed by atoms with Crippen molar-refractivity contribution in [2.75, 3.05) is 45.2 Å². The summed E-state index contributed by atoms with van der Waals surface area (Å²) in [7, 11) is 8.31. The molecule has 4 rings (SSSR count). The van der Waals surface area contributed by atoms with Crippen LogP contribution in [-0.2, 0) is 9.59 Å². The first-order valence-corrected chi connectivity index (χ1v) is 11.7. The Balaban J connectivity index is 1.94. The lowest BCUT2D eigenvalue weighted by molar-refractivity contribution is -0.132. The van der Waals surface area contributed by atoms with Crippen LogP contribution < -0.4 is 24.0 Å². The van der Waals surface area contributed by atoms with E-state index in [0.717, 1.165) is 5.69 Å². The van der Waals surface area contributed by atoms with Gasteiger partial charge in [0.25, 0.3) is 11.7 Å². The van der Waals surface area contributed by atoms with Gasteiger partial charge in [-0.1, -0.05) is 17.7 Å². The van der Waals surface area contributed by atoms with Gasteiger partial charge in [-0.2, -0.15) is 0 Å². The Morgan fingerprint density at radius 2 is 1.49 bits per heavy atom. The Kier molecular flexibility index (Phi) is 7.31. The van der Waals surface area contributed by atoms with Crippen LogP contribution in [0.2, 0.25) is 5.02 Å². The van der Waals surface area contributed by atoms with E-state index in [0.29, 0.717) is 28.5 Å². The first-order valence-electron chi connectivity index (χ1n) is 11.4. The van der Waals surface area contributed by atoms with Gasteiger partial charge in [-0.25, -0.2) is 0 Å². The minimum atomic E-state index is -0.939. The Morgan fingerprint density at radius 1 is 0.865 bits per heavy atom. The highest BCUT2D eigenvalue weighted by atomic mass is 35.5. The molecule has 8 nitrogen and oxygen atoms in total. The zero-order valence-electron chi connectivity index (χ0n) is 21.1. The second-order valence-electron chi connectivity index (χ2n) is 8.54. The molecule has 1 amide bonds. The van der Waals surface area contributed by atoms with Gasteiger partial charge in [0, 0.05) is 31.0 Å². The van der Waals surface area contributed by atoms with Crippen molar-refractivity contribution in [2.45, 2.75) is 6.04 Å². The number of methoxy groups -OCH3 is 3. The number of hydrogen-bond donors (Lipinski definition) is 1. The summed E-state index contributed by atoms with van der Waals surface area (Å²) in [6.07, 6.45) is 0. The van der Waals surface area contributed by atoms with Gasteiger partial charge >= 0.3 is 0 Å². The van der Waals surface area contributed by atoms with Crippen molar-refractivity contribution in [1.82, 2.24) is 0 Å². The molecular weight excluding hydrogens is 496 g/mol. The van der Waals surface area contributed by atoms with E-state index in [1.807, 2.05) is 31.1 Å². The first kappa shape index (κ1) is 25.9. The number of amides is 1. The van der Waals surface area contributed by atoms with Crippen molar-refractivity contribution < 1.29 is 28.9 Å². The van der Waals surface area contributed by atoms with Crippen LogP contribution in [0.15, 0.2) is 66.2 Å². The zero-order chi connectivity index (χ0) is 26.9. The molecule has 9 heteroatoms. The highest BCUT2D eigenvalue weighted by Crippen LogP contribution is 2.44. The second kappa shape index (κ2) is 10.4. The minimum absolute atomic E-state index is 0.0739. The largest absolute Gasteiger partial charge is 0.507 e. The molecule has 1 unspecified atom stereocenters. The number of Topliss-reactive ketones (excluding diaryl/α,β-unsaturated/α-hetero) is 1. The number of nitrogens with zero attached hydrogens (tertiary/aromatic N) is 2. The van der Waals surface area contributed by atoms with Crippen LogP contribution in [0, 0.1) is 0 Å². The summed E-state index contributed by atoms with van der Waals surface area (Å²) in [6, 6.07) is 16.0. The molecular formula is C28H27ClN2O6. The highest BCUT2D eigenvalue weighted by Gasteiger charge is 2.47. The molecule has 1 heterocycles. The Bertz CT molecular complexity index is 1380. The third kappa shape index (κ3) is 4.68. The molecule has 0 saturated carbocycles. The van der Waals surface area contributed by atoms with Crippen molar-refractivity contribution in [2.24, 2.45) is 0 Å². The number of halogens is 1. The topological polar surface area (TPSA) is 88.5 Å². The number of benzene rings is 3. The van der Waals surface area contributed by atoms with E-state index in [1.165, 1.54) is 32.3 Å². The van der Waals surface area contributed by atoms with Crippen LogP contribution in [0.3, 0.4) is 0 Å². The van der Waals surface area contributed by atoms with Gasteiger partial charge in [0.05, 0.1) is 38.0 Å². The number of hydrogen-bond acceptors (Lipinski definition) is 7. The molecule has 192 valence electrons. The molecule has 0 spiro atoms. The smallest absolute Gasteiger partial charge is 0.300 e. The zero-order valence-corrected chi connectivity index (χ0v) is 21.9. The molecule has 1 atom stereocenters. The van der Waals surface area contributed by atoms with E-state index < -0.39 is 17.7 Å². The first-order chi connectivity index (χ1) is 17.7. The molecule has 1 fully saturated rings. The predicted molar refractivity (Wildman–Crippen MR) is 143 cm³/mol. The summed E-state index contributed by atoms with van der Waals surface area (Å²) < 4.78 is 16.0. The standard InChI is InChI=1S/C28H27ClN2O6/c1-30(2)18-8-10-19(11-9-18)31-25(16-6-13-22(36-4)23(15-16)37-5)24(27(33)28(31)34)26(32)17-7-12-21(35-3)20(29)14-17/h6-15,25,32H,1-5H3/b26-24-. The molecule has 1 N–H and O–H groups in total. The van der Waals surface area contributed by atoms with Crippen LogP contribution in [0.5, 0.6) is 17.2 Å². The predicted octanol–water partition coefficient (Wildman–Crippen LogP) is 5.06. The van der Waals surface area contributed by atoms with Crippen LogP contribution in [0.25, 0.3) is 5.76 Å². The summed E-state index contributed by atoms with van der Waals surface area (Å²) in [5, 5.41) is 11.6. The van der Waals surface area contributed by atoms with E-state index in [-0.39, 0.29) is 21.9 Å².